The lowest BCUT2D eigenvalue weighted by molar-refractivity contribution is -0.166. The van der Waals surface area contributed by atoms with Crippen molar-refractivity contribution in [2.45, 2.75) is 44.2 Å². The zero-order valence-electron chi connectivity index (χ0n) is 19.9. The lowest BCUT2D eigenvalue weighted by Gasteiger charge is -2.46. The number of esters is 1. The number of likely N-dealkylation sites (tertiary alicyclic amines) is 1. The fourth-order valence-corrected chi connectivity index (χ4v) is 3.99. The van der Waals surface area contributed by atoms with Crippen LogP contribution in [0, 0.1) is 17.7 Å². The number of halogens is 1. The van der Waals surface area contributed by atoms with E-state index in [4.69, 9.17) is 4.74 Å². The van der Waals surface area contributed by atoms with Gasteiger partial charge in [0.25, 0.3) is 0 Å². The quantitative estimate of drug-likeness (QED) is 0.326. The molecule has 1 fully saturated rings. The number of carbonyl (C=O) groups is 2. The molecule has 1 amide bonds. The molecule has 178 valence electrons. The number of aromatic nitrogens is 2. The number of benzene rings is 2. The van der Waals surface area contributed by atoms with Gasteiger partial charge in [0.2, 0.25) is 11.3 Å². The Morgan fingerprint density at radius 2 is 1.71 bits per heavy atom. The van der Waals surface area contributed by atoms with Crippen LogP contribution < -0.4 is 0 Å². The molecule has 1 aliphatic heterocycles. The van der Waals surface area contributed by atoms with E-state index in [0.29, 0.717) is 17.5 Å². The Morgan fingerprint density at radius 1 is 1.03 bits per heavy atom. The summed E-state index contributed by atoms with van der Waals surface area (Å²) in [6, 6.07) is 15.2. The first kappa shape index (κ1) is 24.1. The van der Waals surface area contributed by atoms with Gasteiger partial charge in [-0.1, -0.05) is 48.2 Å². The Hall–Kier alpha value is -4.05. The van der Waals surface area contributed by atoms with Crippen LogP contribution in [0.2, 0.25) is 0 Å². The SMILES string of the molecule is CN1C(=O)[C@@](C(=O)OCc2ccccc2)(c2ncc(C#Cc3cccc(F)c3)cn2)CCC1(C)C. The highest BCUT2D eigenvalue weighted by molar-refractivity contribution is 6.08. The molecule has 0 radical (unpaired) electrons. The number of hydrogen-bond donors (Lipinski definition) is 0. The Kier molecular flexibility index (Phi) is 6.65. The summed E-state index contributed by atoms with van der Waals surface area (Å²) in [5.74, 6) is 4.39. The minimum Gasteiger partial charge on any atom is -0.460 e. The third-order valence-electron chi connectivity index (χ3n) is 6.46. The number of carbonyl (C=O) groups excluding carboxylic acids is 2. The molecule has 35 heavy (non-hydrogen) atoms. The van der Waals surface area contributed by atoms with Crippen molar-refractivity contribution in [1.82, 2.24) is 14.9 Å². The first-order chi connectivity index (χ1) is 16.7. The van der Waals surface area contributed by atoms with Crippen LogP contribution in [-0.4, -0.2) is 39.3 Å². The van der Waals surface area contributed by atoms with Gasteiger partial charge in [0, 0.05) is 30.5 Å². The molecule has 3 aromatic rings. The van der Waals surface area contributed by atoms with E-state index in [-0.39, 0.29) is 24.7 Å². The van der Waals surface area contributed by atoms with Gasteiger partial charge in [-0.2, -0.15) is 0 Å². The van der Waals surface area contributed by atoms with Crippen LogP contribution in [0.3, 0.4) is 0 Å². The molecule has 1 aliphatic rings. The minimum atomic E-state index is -1.65. The number of nitrogens with zero attached hydrogens (tertiary/aromatic N) is 3. The molecule has 0 aliphatic carbocycles. The standard InChI is InChI=1S/C28H26FN3O3/c1-27(2)14-15-28(25(33)32(27)3,26(34)35-19-21-8-5-4-6-9-21)24-30-17-22(18-31-24)13-12-20-10-7-11-23(29)16-20/h4-11,16-18H,14-15,19H2,1-3H3/t28-/m0/s1. The third kappa shape index (κ3) is 4.92. The van der Waals surface area contributed by atoms with Crippen molar-refractivity contribution in [1.29, 1.82) is 0 Å². The van der Waals surface area contributed by atoms with Crippen LogP contribution in [0.15, 0.2) is 67.0 Å². The molecular weight excluding hydrogens is 445 g/mol. The average molecular weight is 472 g/mol. The third-order valence-corrected chi connectivity index (χ3v) is 6.46. The zero-order chi connectivity index (χ0) is 25.1. The second-order valence-electron chi connectivity index (χ2n) is 9.20. The van der Waals surface area contributed by atoms with Crippen molar-refractivity contribution in [2.75, 3.05) is 7.05 Å². The van der Waals surface area contributed by atoms with Crippen molar-refractivity contribution in [3.63, 3.8) is 0 Å². The number of piperidine rings is 1. The first-order valence-electron chi connectivity index (χ1n) is 11.3. The molecule has 7 heteroatoms. The second kappa shape index (κ2) is 9.67. The van der Waals surface area contributed by atoms with E-state index in [1.165, 1.54) is 24.5 Å². The summed E-state index contributed by atoms with van der Waals surface area (Å²) in [5.41, 5.74) is -0.259. The first-order valence-corrected chi connectivity index (χ1v) is 11.3. The van der Waals surface area contributed by atoms with Gasteiger partial charge in [0.05, 0.1) is 5.56 Å². The van der Waals surface area contributed by atoms with Gasteiger partial charge in [-0.05, 0) is 50.5 Å². The largest absolute Gasteiger partial charge is 0.460 e. The van der Waals surface area contributed by atoms with Crippen LogP contribution in [0.1, 0.15) is 49.2 Å². The summed E-state index contributed by atoms with van der Waals surface area (Å²) in [6.45, 7) is 3.95. The van der Waals surface area contributed by atoms with Gasteiger partial charge < -0.3 is 9.64 Å². The summed E-state index contributed by atoms with van der Waals surface area (Å²) >= 11 is 0. The topological polar surface area (TPSA) is 72.4 Å². The maximum absolute atomic E-state index is 13.6. The lowest BCUT2D eigenvalue weighted by atomic mass is 9.72. The van der Waals surface area contributed by atoms with Crippen molar-refractivity contribution < 1.29 is 18.7 Å². The van der Waals surface area contributed by atoms with Gasteiger partial charge >= 0.3 is 5.97 Å². The predicted octanol–water partition coefficient (Wildman–Crippen LogP) is 4.03. The van der Waals surface area contributed by atoms with E-state index in [0.717, 1.165) is 5.56 Å². The zero-order valence-corrected chi connectivity index (χ0v) is 19.9. The van der Waals surface area contributed by atoms with Gasteiger partial charge in [0.15, 0.2) is 5.82 Å². The van der Waals surface area contributed by atoms with Crippen LogP contribution >= 0.6 is 0 Å². The van der Waals surface area contributed by atoms with E-state index < -0.39 is 22.8 Å². The molecule has 0 unspecified atom stereocenters. The molecule has 1 saturated heterocycles. The molecule has 0 spiro atoms. The van der Waals surface area contributed by atoms with E-state index in [2.05, 4.69) is 21.8 Å². The molecule has 2 aromatic carbocycles. The summed E-state index contributed by atoms with van der Waals surface area (Å²) in [5, 5.41) is 0. The number of ether oxygens (including phenoxy) is 1. The number of likely N-dealkylation sites (N-methyl/N-ethyl adjacent to an activating group) is 1. The predicted molar refractivity (Wildman–Crippen MR) is 128 cm³/mol. The Bertz CT molecular complexity index is 1300. The van der Waals surface area contributed by atoms with Gasteiger partial charge in [-0.3, -0.25) is 9.59 Å². The Labute approximate surface area is 204 Å². The van der Waals surface area contributed by atoms with Crippen LogP contribution in [-0.2, 0) is 26.3 Å². The smallest absolute Gasteiger partial charge is 0.329 e. The minimum absolute atomic E-state index is 0.0407. The average Bonchev–Trinajstić information content (AvgIpc) is 2.86. The molecule has 6 nitrogen and oxygen atoms in total. The van der Waals surface area contributed by atoms with Crippen LogP contribution in [0.5, 0.6) is 0 Å². The second-order valence-corrected chi connectivity index (χ2v) is 9.20. The monoisotopic (exact) mass is 471 g/mol. The van der Waals surface area contributed by atoms with Gasteiger partial charge in [-0.25, -0.2) is 14.4 Å². The van der Waals surface area contributed by atoms with E-state index >= 15 is 0 Å². The van der Waals surface area contributed by atoms with E-state index in [1.807, 2.05) is 44.2 Å². The molecule has 4 rings (SSSR count). The van der Waals surface area contributed by atoms with Gasteiger partial charge in [0.1, 0.15) is 12.4 Å². The summed E-state index contributed by atoms with van der Waals surface area (Å²) in [4.78, 5) is 37.4. The number of amides is 1. The van der Waals surface area contributed by atoms with Crippen molar-refractivity contribution in [3.8, 4) is 11.8 Å². The Morgan fingerprint density at radius 3 is 2.40 bits per heavy atom. The number of hydrogen-bond acceptors (Lipinski definition) is 5. The number of rotatable bonds is 4. The maximum atomic E-state index is 13.6. The van der Waals surface area contributed by atoms with Crippen molar-refractivity contribution in [3.05, 3.63) is 95.3 Å². The van der Waals surface area contributed by atoms with Gasteiger partial charge in [-0.15, -0.1) is 0 Å². The molecule has 0 saturated carbocycles. The Balaban J connectivity index is 1.65. The van der Waals surface area contributed by atoms with Crippen molar-refractivity contribution in [2.24, 2.45) is 0 Å². The maximum Gasteiger partial charge on any atom is 0.329 e. The van der Waals surface area contributed by atoms with Crippen LogP contribution in [0.25, 0.3) is 0 Å². The lowest BCUT2D eigenvalue weighted by Crippen LogP contribution is -2.62. The molecular formula is C28H26FN3O3. The van der Waals surface area contributed by atoms with E-state index in [9.17, 15) is 14.0 Å². The fourth-order valence-electron chi connectivity index (χ4n) is 3.99. The van der Waals surface area contributed by atoms with Crippen LogP contribution in [0.4, 0.5) is 4.39 Å². The normalized spacial score (nSPS) is 19.0. The molecule has 1 atom stereocenters. The van der Waals surface area contributed by atoms with Crippen molar-refractivity contribution >= 4 is 11.9 Å². The molecule has 0 bridgehead atoms. The summed E-state index contributed by atoms with van der Waals surface area (Å²) in [6.07, 6.45) is 3.73. The molecule has 2 heterocycles. The highest BCUT2D eigenvalue weighted by Crippen LogP contribution is 2.40. The summed E-state index contributed by atoms with van der Waals surface area (Å²) in [7, 11) is 1.68. The summed E-state index contributed by atoms with van der Waals surface area (Å²) < 4.78 is 19.0. The molecule has 1 aromatic heterocycles. The fraction of sp³-hybridized carbons (Fsp3) is 0.286. The highest BCUT2D eigenvalue weighted by Gasteiger charge is 2.58. The highest BCUT2D eigenvalue weighted by atomic mass is 19.1. The van der Waals surface area contributed by atoms with E-state index in [1.54, 1.807) is 24.1 Å². The molecule has 0 N–H and O–H groups in total.